The lowest BCUT2D eigenvalue weighted by Gasteiger charge is -2.29. The first kappa shape index (κ1) is 10.6. The summed E-state index contributed by atoms with van der Waals surface area (Å²) in [6, 6.07) is 8.30. The molecule has 2 bridgehead atoms. The fourth-order valence-electron chi connectivity index (χ4n) is 4.05. The Morgan fingerprint density at radius 2 is 1.94 bits per heavy atom. The first-order chi connectivity index (χ1) is 8.71. The average Bonchev–Trinajstić information content (AvgIpc) is 3.01. The predicted molar refractivity (Wildman–Crippen MR) is 76.4 cm³/mol. The van der Waals surface area contributed by atoms with Crippen molar-refractivity contribution in [1.82, 2.24) is 0 Å². The molecule has 0 aliphatic heterocycles. The topological polar surface area (TPSA) is 0 Å². The Hall–Kier alpha value is -1.27. The van der Waals surface area contributed by atoms with Crippen LogP contribution in [0.15, 0.2) is 54.1 Å². The zero-order valence-electron chi connectivity index (χ0n) is 10.2. The molecular formula is C17H15Cl. The fourth-order valence-corrected chi connectivity index (χ4v) is 4.18. The molecule has 0 saturated heterocycles. The summed E-state index contributed by atoms with van der Waals surface area (Å²) in [5.41, 5.74) is 6.03. The van der Waals surface area contributed by atoms with Gasteiger partial charge in [-0.1, -0.05) is 42.5 Å². The standard InChI is InChI=1S/C17H15Cl/c1-11-13-9-16(12-4-6-14(18)7-5-12)17(10-13)8-2-3-15(11)17/h3-7,9,13H,1-2,8,10H2/t13?,17-/m0/s1. The Balaban J connectivity index is 1.87. The van der Waals surface area contributed by atoms with Crippen molar-refractivity contribution in [3.05, 3.63) is 64.7 Å². The molecule has 1 fully saturated rings. The molecule has 1 heteroatoms. The molecule has 0 heterocycles. The second kappa shape index (κ2) is 3.39. The van der Waals surface area contributed by atoms with Gasteiger partial charge in [0.15, 0.2) is 0 Å². The number of benzene rings is 1. The molecule has 90 valence electrons. The zero-order valence-corrected chi connectivity index (χ0v) is 11.0. The number of hydrogen-bond acceptors (Lipinski definition) is 0. The number of fused-ring (bicyclic) bond motifs is 1. The van der Waals surface area contributed by atoms with Gasteiger partial charge in [-0.05, 0) is 53.7 Å². The minimum absolute atomic E-state index is 0.287. The van der Waals surface area contributed by atoms with E-state index < -0.39 is 0 Å². The molecule has 18 heavy (non-hydrogen) atoms. The molecule has 1 saturated carbocycles. The van der Waals surface area contributed by atoms with Gasteiger partial charge < -0.3 is 0 Å². The zero-order chi connectivity index (χ0) is 12.3. The van der Waals surface area contributed by atoms with E-state index >= 15 is 0 Å². The summed E-state index contributed by atoms with van der Waals surface area (Å²) >= 11 is 5.99. The van der Waals surface area contributed by atoms with Crippen molar-refractivity contribution in [2.24, 2.45) is 11.3 Å². The molecule has 0 nitrogen and oxygen atoms in total. The highest BCUT2D eigenvalue weighted by atomic mass is 35.5. The van der Waals surface area contributed by atoms with Gasteiger partial charge in [0.25, 0.3) is 0 Å². The van der Waals surface area contributed by atoms with E-state index in [1.807, 2.05) is 12.1 Å². The summed E-state index contributed by atoms with van der Waals surface area (Å²) in [6.07, 6.45) is 8.55. The molecule has 2 atom stereocenters. The van der Waals surface area contributed by atoms with Crippen molar-refractivity contribution >= 4 is 17.2 Å². The molecule has 1 spiro atoms. The summed E-state index contributed by atoms with van der Waals surface area (Å²) in [5, 5.41) is 0.812. The van der Waals surface area contributed by atoms with E-state index in [2.05, 4.69) is 30.9 Å². The second-order valence-electron chi connectivity index (χ2n) is 5.66. The van der Waals surface area contributed by atoms with Gasteiger partial charge in [-0.2, -0.15) is 0 Å². The smallest absolute Gasteiger partial charge is 0.0406 e. The molecule has 0 radical (unpaired) electrons. The van der Waals surface area contributed by atoms with Crippen molar-refractivity contribution in [1.29, 1.82) is 0 Å². The number of allylic oxidation sites excluding steroid dienone is 5. The van der Waals surface area contributed by atoms with Crippen LogP contribution in [0.25, 0.3) is 5.57 Å². The molecular weight excluding hydrogens is 240 g/mol. The molecule has 3 aliphatic rings. The van der Waals surface area contributed by atoms with Gasteiger partial charge in [0.2, 0.25) is 0 Å². The monoisotopic (exact) mass is 254 g/mol. The Morgan fingerprint density at radius 1 is 1.17 bits per heavy atom. The molecule has 0 N–H and O–H groups in total. The highest BCUT2D eigenvalue weighted by Crippen LogP contribution is 2.66. The SMILES string of the molecule is C=C1C2=CCC[C@]23CC1C=C3c1ccc(Cl)cc1. The molecule has 3 aliphatic carbocycles. The molecule has 0 aromatic heterocycles. The normalized spacial score (nSPS) is 32.5. The van der Waals surface area contributed by atoms with Gasteiger partial charge in [0.05, 0.1) is 0 Å². The van der Waals surface area contributed by atoms with Gasteiger partial charge in [-0.3, -0.25) is 0 Å². The van der Waals surface area contributed by atoms with Crippen LogP contribution in [0.2, 0.25) is 5.02 Å². The average molecular weight is 255 g/mol. The summed E-state index contributed by atoms with van der Waals surface area (Å²) in [4.78, 5) is 0. The van der Waals surface area contributed by atoms with E-state index in [1.54, 1.807) is 0 Å². The van der Waals surface area contributed by atoms with Crippen LogP contribution in [0.3, 0.4) is 0 Å². The third-order valence-corrected chi connectivity index (χ3v) is 5.09. The highest BCUT2D eigenvalue weighted by Gasteiger charge is 2.53. The maximum Gasteiger partial charge on any atom is 0.0406 e. The van der Waals surface area contributed by atoms with Crippen LogP contribution in [0.4, 0.5) is 0 Å². The molecule has 1 aromatic carbocycles. The van der Waals surface area contributed by atoms with Gasteiger partial charge in [-0.25, -0.2) is 0 Å². The predicted octanol–water partition coefficient (Wildman–Crippen LogP) is 5.02. The van der Waals surface area contributed by atoms with Gasteiger partial charge in [-0.15, -0.1) is 0 Å². The first-order valence-corrected chi connectivity index (χ1v) is 6.96. The van der Waals surface area contributed by atoms with Gasteiger partial charge >= 0.3 is 0 Å². The van der Waals surface area contributed by atoms with E-state index in [1.165, 1.54) is 41.5 Å². The van der Waals surface area contributed by atoms with Crippen LogP contribution in [0.5, 0.6) is 0 Å². The van der Waals surface area contributed by atoms with E-state index in [-0.39, 0.29) is 5.41 Å². The highest BCUT2D eigenvalue weighted by molar-refractivity contribution is 6.30. The number of rotatable bonds is 1. The molecule has 1 unspecified atom stereocenters. The summed E-state index contributed by atoms with van der Waals surface area (Å²) in [6.45, 7) is 4.28. The van der Waals surface area contributed by atoms with Crippen LogP contribution >= 0.6 is 11.6 Å². The second-order valence-corrected chi connectivity index (χ2v) is 6.10. The molecule has 0 amide bonds. The maximum atomic E-state index is 5.99. The van der Waals surface area contributed by atoms with Gasteiger partial charge in [0, 0.05) is 16.4 Å². The van der Waals surface area contributed by atoms with E-state index in [9.17, 15) is 0 Å². The lowest BCUT2D eigenvalue weighted by Crippen LogP contribution is -2.16. The molecule has 1 aromatic rings. The third kappa shape index (κ3) is 1.17. The van der Waals surface area contributed by atoms with Gasteiger partial charge in [0.1, 0.15) is 0 Å². The van der Waals surface area contributed by atoms with E-state index in [0.29, 0.717) is 5.92 Å². The number of hydrogen-bond donors (Lipinski definition) is 0. The van der Waals surface area contributed by atoms with Crippen molar-refractivity contribution in [2.75, 3.05) is 0 Å². The van der Waals surface area contributed by atoms with Crippen LogP contribution in [-0.2, 0) is 0 Å². The minimum Gasteiger partial charge on any atom is -0.0949 e. The lowest BCUT2D eigenvalue weighted by atomic mass is 9.74. The third-order valence-electron chi connectivity index (χ3n) is 4.84. The Bertz CT molecular complexity index is 603. The fraction of sp³-hybridized carbons (Fsp3) is 0.294. The van der Waals surface area contributed by atoms with Crippen LogP contribution in [-0.4, -0.2) is 0 Å². The Labute approximate surface area is 113 Å². The van der Waals surface area contributed by atoms with Crippen molar-refractivity contribution in [3.63, 3.8) is 0 Å². The maximum absolute atomic E-state index is 5.99. The first-order valence-electron chi connectivity index (χ1n) is 6.59. The van der Waals surface area contributed by atoms with E-state index in [4.69, 9.17) is 11.6 Å². The quantitative estimate of drug-likeness (QED) is 0.660. The van der Waals surface area contributed by atoms with E-state index in [0.717, 1.165) is 5.02 Å². The summed E-state index contributed by atoms with van der Waals surface area (Å²) < 4.78 is 0. The van der Waals surface area contributed by atoms with Crippen LogP contribution < -0.4 is 0 Å². The molecule has 4 rings (SSSR count). The van der Waals surface area contributed by atoms with Crippen LogP contribution in [0.1, 0.15) is 24.8 Å². The summed E-state index contributed by atoms with van der Waals surface area (Å²) in [7, 11) is 0. The Morgan fingerprint density at radius 3 is 2.72 bits per heavy atom. The largest absolute Gasteiger partial charge is 0.0949 e. The van der Waals surface area contributed by atoms with Crippen LogP contribution in [0, 0.1) is 11.3 Å². The minimum atomic E-state index is 0.287. The van der Waals surface area contributed by atoms with Crippen molar-refractivity contribution in [2.45, 2.75) is 19.3 Å². The lowest BCUT2D eigenvalue weighted by molar-refractivity contribution is 0.482. The van der Waals surface area contributed by atoms with Crippen molar-refractivity contribution < 1.29 is 0 Å². The Kier molecular flexibility index (Phi) is 2.00. The summed E-state index contributed by atoms with van der Waals surface area (Å²) in [5.74, 6) is 0.572. The number of halogens is 1. The van der Waals surface area contributed by atoms with Crippen molar-refractivity contribution in [3.8, 4) is 0 Å².